The molecule has 0 aliphatic carbocycles. The van der Waals surface area contributed by atoms with Crippen LogP contribution < -0.4 is 10.8 Å². The lowest BCUT2D eigenvalue weighted by Crippen LogP contribution is -2.21. The molecule has 5 nitrogen and oxygen atoms in total. The first-order valence-corrected chi connectivity index (χ1v) is 8.68. The quantitative estimate of drug-likeness (QED) is 0.660. The molecule has 2 aliphatic rings. The van der Waals surface area contributed by atoms with Crippen LogP contribution in [0.25, 0.3) is 22.2 Å². The molecule has 5 rings (SSSR count). The smallest absolute Gasteiger partial charge is 0.275 e. The molecule has 0 unspecified atom stereocenters. The number of halogens is 1. The summed E-state index contributed by atoms with van der Waals surface area (Å²) in [6.07, 6.45) is 1.45. The Morgan fingerprint density at radius 3 is 3.00 bits per heavy atom. The van der Waals surface area contributed by atoms with Gasteiger partial charge in [0.2, 0.25) is 0 Å². The van der Waals surface area contributed by atoms with E-state index in [4.69, 9.17) is 6.21 Å². The average Bonchev–Trinajstić information content (AvgIpc) is 3.21. The van der Waals surface area contributed by atoms with E-state index in [1.165, 1.54) is 6.07 Å². The molecule has 132 valence electrons. The fourth-order valence-electron chi connectivity index (χ4n) is 3.86. The number of nitrogens with one attached hydrogen (secondary N) is 3. The maximum atomic E-state index is 14.9. The van der Waals surface area contributed by atoms with E-state index in [0.717, 1.165) is 35.1 Å². The van der Waals surface area contributed by atoms with Gasteiger partial charge in [-0.1, -0.05) is 18.2 Å². The molecular formula is C20H18FN3O2. The zero-order valence-corrected chi connectivity index (χ0v) is 14.0. The molecule has 2 aliphatic heterocycles. The van der Waals surface area contributed by atoms with Crippen molar-refractivity contribution < 1.29 is 15.4 Å². The number of carbonyl (C=O) groups is 1. The van der Waals surface area contributed by atoms with Crippen molar-refractivity contribution in [3.63, 3.8) is 0 Å². The topological polar surface area (TPSA) is 66.1 Å². The Kier molecular flexibility index (Phi) is 3.30. The molecule has 0 spiro atoms. The number of H-pyrrole nitrogens is 1. The van der Waals surface area contributed by atoms with Crippen LogP contribution in [-0.4, -0.2) is 17.4 Å². The van der Waals surface area contributed by atoms with Crippen LogP contribution in [-0.2, 0) is 11.4 Å². The van der Waals surface area contributed by atoms with Gasteiger partial charge in [0.1, 0.15) is 12.4 Å². The van der Waals surface area contributed by atoms with E-state index in [-0.39, 0.29) is 12.5 Å². The number of hydrogen-bond acceptors (Lipinski definition) is 3. The van der Waals surface area contributed by atoms with Crippen molar-refractivity contribution in [2.75, 3.05) is 6.54 Å². The summed E-state index contributed by atoms with van der Waals surface area (Å²) < 4.78 is 23.4. The number of hydrogen-bond donors (Lipinski definition) is 3. The zero-order valence-electron chi connectivity index (χ0n) is 15.0. The molecule has 1 fully saturated rings. The molecular weight excluding hydrogens is 333 g/mol. The molecule has 26 heavy (non-hydrogen) atoms. The highest BCUT2D eigenvalue weighted by molar-refractivity contribution is 6.09. The lowest BCUT2D eigenvalue weighted by molar-refractivity contribution is 0.0256. The second kappa shape index (κ2) is 5.93. The third-order valence-electron chi connectivity index (χ3n) is 5.08. The SMILES string of the molecule is [2H][C@@]1(c2ccc(-c3[nH]c4cccc5c4c3CONC5=O)cc2F)CCCN1. The second-order valence-electron chi connectivity index (χ2n) is 6.63. The largest absolute Gasteiger partial charge is 0.354 e. The predicted octanol–water partition coefficient (Wildman–Crippen LogP) is 3.57. The number of benzene rings is 2. The van der Waals surface area contributed by atoms with Crippen molar-refractivity contribution in [3.8, 4) is 11.3 Å². The van der Waals surface area contributed by atoms with Crippen molar-refractivity contribution in [1.29, 1.82) is 0 Å². The summed E-state index contributed by atoms with van der Waals surface area (Å²) in [7, 11) is 0. The first-order valence-electron chi connectivity index (χ1n) is 9.18. The van der Waals surface area contributed by atoms with E-state index in [9.17, 15) is 9.18 Å². The Morgan fingerprint density at radius 2 is 2.19 bits per heavy atom. The summed E-state index contributed by atoms with van der Waals surface area (Å²) in [5.74, 6) is -0.707. The fourth-order valence-corrected chi connectivity index (χ4v) is 3.86. The van der Waals surface area contributed by atoms with Crippen LogP contribution in [0.15, 0.2) is 36.4 Å². The molecule has 1 saturated heterocycles. The van der Waals surface area contributed by atoms with E-state index in [1.807, 2.05) is 12.1 Å². The maximum Gasteiger partial charge on any atom is 0.275 e. The van der Waals surface area contributed by atoms with Crippen LogP contribution in [0.4, 0.5) is 4.39 Å². The van der Waals surface area contributed by atoms with Gasteiger partial charge in [0, 0.05) is 33.6 Å². The standard InChI is InChI=1S/C20H18FN3O2/c21-15-9-11(6-7-12(15)16-5-2-8-22-16)19-14-10-26-24-20(25)13-3-1-4-17(23-19)18(13)14/h1,3-4,6-7,9,16,22-23H,2,5,8,10H2,(H,24,25)/t16-/m0/s1/i16D. The summed E-state index contributed by atoms with van der Waals surface area (Å²) in [5.41, 5.74) is 6.30. The minimum absolute atomic E-state index is 0.186. The Balaban J connectivity index is 1.66. The van der Waals surface area contributed by atoms with E-state index >= 15 is 0 Å². The van der Waals surface area contributed by atoms with E-state index in [1.54, 1.807) is 18.2 Å². The fraction of sp³-hybridized carbons (Fsp3) is 0.250. The first-order chi connectivity index (χ1) is 13.1. The van der Waals surface area contributed by atoms with Gasteiger partial charge in [0.15, 0.2) is 0 Å². The van der Waals surface area contributed by atoms with Gasteiger partial charge >= 0.3 is 0 Å². The van der Waals surface area contributed by atoms with Gasteiger partial charge in [-0.3, -0.25) is 9.63 Å². The molecule has 1 aromatic heterocycles. The maximum absolute atomic E-state index is 14.9. The first kappa shape index (κ1) is 14.5. The molecule has 6 heteroatoms. The Morgan fingerprint density at radius 1 is 1.27 bits per heavy atom. The second-order valence-corrected chi connectivity index (χ2v) is 6.63. The summed E-state index contributed by atoms with van der Waals surface area (Å²) in [5, 5.41) is 3.87. The highest BCUT2D eigenvalue weighted by atomic mass is 19.1. The minimum Gasteiger partial charge on any atom is -0.354 e. The molecule has 1 atom stereocenters. The molecule has 3 aromatic rings. The highest BCUT2D eigenvalue weighted by Gasteiger charge is 2.24. The van der Waals surface area contributed by atoms with Crippen LogP contribution >= 0.6 is 0 Å². The summed E-state index contributed by atoms with van der Waals surface area (Å²) in [6.45, 7) is 0.906. The number of amides is 1. The van der Waals surface area contributed by atoms with E-state index < -0.39 is 11.8 Å². The normalized spacial score (nSPS) is 23.0. The average molecular weight is 352 g/mol. The van der Waals surface area contributed by atoms with Gasteiger partial charge in [-0.2, -0.15) is 0 Å². The Hall–Kier alpha value is -2.70. The van der Waals surface area contributed by atoms with E-state index in [2.05, 4.69) is 15.8 Å². The molecule has 3 heterocycles. The molecule has 0 bridgehead atoms. The van der Waals surface area contributed by atoms with Crippen molar-refractivity contribution in [3.05, 3.63) is 58.9 Å². The lowest BCUT2D eigenvalue weighted by atomic mass is 9.99. The monoisotopic (exact) mass is 352 g/mol. The van der Waals surface area contributed by atoms with Crippen molar-refractivity contribution in [1.82, 2.24) is 15.8 Å². The number of aromatic amines is 1. The Labute approximate surface area is 150 Å². The number of rotatable bonds is 2. The number of aromatic nitrogens is 1. The van der Waals surface area contributed by atoms with E-state index in [0.29, 0.717) is 23.1 Å². The molecule has 3 N–H and O–H groups in total. The van der Waals surface area contributed by atoms with Crippen LogP contribution in [0.3, 0.4) is 0 Å². The number of hydroxylamine groups is 1. The van der Waals surface area contributed by atoms with Crippen molar-refractivity contribution in [2.24, 2.45) is 0 Å². The summed E-state index contributed by atoms with van der Waals surface area (Å²) >= 11 is 0. The van der Waals surface area contributed by atoms with Crippen molar-refractivity contribution in [2.45, 2.75) is 25.5 Å². The Bertz CT molecular complexity index is 1070. The molecule has 0 radical (unpaired) electrons. The van der Waals surface area contributed by atoms with Gasteiger partial charge in [-0.15, -0.1) is 0 Å². The van der Waals surface area contributed by atoms with Crippen LogP contribution in [0.2, 0.25) is 0 Å². The molecule has 0 saturated carbocycles. The summed E-state index contributed by atoms with van der Waals surface area (Å²) in [6, 6.07) is 9.30. The third-order valence-corrected chi connectivity index (χ3v) is 5.08. The molecule has 2 aromatic carbocycles. The van der Waals surface area contributed by atoms with Gasteiger partial charge in [0.25, 0.3) is 5.91 Å². The van der Waals surface area contributed by atoms with Crippen LogP contribution in [0.5, 0.6) is 0 Å². The van der Waals surface area contributed by atoms with Gasteiger partial charge in [-0.25, -0.2) is 9.87 Å². The van der Waals surface area contributed by atoms with Crippen LogP contribution in [0, 0.1) is 5.82 Å². The number of carbonyl (C=O) groups excluding carboxylic acids is 1. The predicted molar refractivity (Wildman–Crippen MR) is 95.9 cm³/mol. The highest BCUT2D eigenvalue weighted by Crippen LogP contribution is 2.36. The molecule has 1 amide bonds. The van der Waals surface area contributed by atoms with Crippen LogP contribution in [0.1, 0.15) is 41.7 Å². The van der Waals surface area contributed by atoms with Gasteiger partial charge < -0.3 is 10.3 Å². The lowest BCUT2D eigenvalue weighted by Gasteiger charge is -2.13. The van der Waals surface area contributed by atoms with Gasteiger partial charge in [0.05, 0.1) is 12.6 Å². The zero-order chi connectivity index (χ0) is 18.6. The minimum atomic E-state index is -1.07. The van der Waals surface area contributed by atoms with Gasteiger partial charge in [-0.05, 0) is 37.6 Å². The van der Waals surface area contributed by atoms with Crippen molar-refractivity contribution >= 4 is 16.8 Å². The summed E-state index contributed by atoms with van der Waals surface area (Å²) in [4.78, 5) is 20.8. The third kappa shape index (κ3) is 2.34.